The molecular formula is C14H21NO2S. The first-order valence-corrected chi connectivity index (χ1v) is 7.30. The molecule has 1 aliphatic rings. The molecule has 2 N–H and O–H groups in total. The minimum atomic E-state index is 0.273. The molecule has 1 aliphatic heterocycles. The van der Waals surface area contributed by atoms with Crippen LogP contribution in [0.2, 0.25) is 0 Å². The molecule has 18 heavy (non-hydrogen) atoms. The van der Waals surface area contributed by atoms with Crippen LogP contribution < -0.4 is 10.5 Å². The monoisotopic (exact) mass is 267 g/mol. The van der Waals surface area contributed by atoms with Crippen molar-refractivity contribution in [2.24, 2.45) is 5.73 Å². The normalized spacial score (nSPS) is 25.1. The molecular weight excluding hydrogens is 246 g/mol. The molecule has 0 saturated carbocycles. The van der Waals surface area contributed by atoms with Gasteiger partial charge in [-0.3, -0.25) is 0 Å². The molecule has 0 aliphatic carbocycles. The van der Waals surface area contributed by atoms with Gasteiger partial charge in [0, 0.05) is 29.2 Å². The van der Waals surface area contributed by atoms with E-state index < -0.39 is 0 Å². The number of thioether (sulfide) groups is 1. The Balaban J connectivity index is 2.12. The molecule has 0 amide bonds. The van der Waals surface area contributed by atoms with Crippen LogP contribution >= 0.6 is 11.8 Å². The van der Waals surface area contributed by atoms with E-state index in [1.54, 1.807) is 7.11 Å². The van der Waals surface area contributed by atoms with Gasteiger partial charge < -0.3 is 15.2 Å². The van der Waals surface area contributed by atoms with Crippen molar-refractivity contribution in [2.75, 3.05) is 20.3 Å². The van der Waals surface area contributed by atoms with Gasteiger partial charge in [0.15, 0.2) is 0 Å². The van der Waals surface area contributed by atoms with E-state index >= 15 is 0 Å². The van der Waals surface area contributed by atoms with E-state index in [-0.39, 0.29) is 5.25 Å². The van der Waals surface area contributed by atoms with Crippen molar-refractivity contribution in [1.29, 1.82) is 0 Å². The van der Waals surface area contributed by atoms with Crippen molar-refractivity contribution >= 4 is 11.8 Å². The zero-order valence-corrected chi connectivity index (χ0v) is 11.8. The Morgan fingerprint density at radius 1 is 1.50 bits per heavy atom. The Morgan fingerprint density at radius 3 is 2.89 bits per heavy atom. The van der Waals surface area contributed by atoms with Crippen molar-refractivity contribution in [3.05, 3.63) is 29.8 Å². The highest BCUT2D eigenvalue weighted by Gasteiger charge is 2.28. The van der Waals surface area contributed by atoms with E-state index in [4.69, 9.17) is 15.2 Å². The topological polar surface area (TPSA) is 44.5 Å². The molecule has 0 radical (unpaired) electrons. The quantitative estimate of drug-likeness (QED) is 0.890. The maximum atomic E-state index is 5.93. The molecule has 4 heteroatoms. The van der Waals surface area contributed by atoms with Crippen molar-refractivity contribution in [1.82, 2.24) is 0 Å². The van der Waals surface area contributed by atoms with E-state index in [1.165, 1.54) is 5.56 Å². The zero-order valence-electron chi connectivity index (χ0n) is 11.0. The molecule has 3 nitrogen and oxygen atoms in total. The fourth-order valence-electron chi connectivity index (χ4n) is 2.29. The summed E-state index contributed by atoms with van der Waals surface area (Å²) >= 11 is 1.91. The number of benzene rings is 1. The van der Waals surface area contributed by atoms with Crippen LogP contribution in [0.25, 0.3) is 0 Å². The Kier molecular flexibility index (Phi) is 4.92. The summed E-state index contributed by atoms with van der Waals surface area (Å²) in [5.74, 6) is 0.923. The Labute approximate surface area is 113 Å². The second kappa shape index (κ2) is 6.45. The van der Waals surface area contributed by atoms with E-state index in [9.17, 15) is 0 Å². The third-order valence-corrected chi connectivity index (χ3v) is 5.09. The number of hydrogen-bond acceptors (Lipinski definition) is 4. The van der Waals surface area contributed by atoms with Crippen LogP contribution in [0.5, 0.6) is 5.75 Å². The third kappa shape index (κ3) is 2.99. The summed E-state index contributed by atoms with van der Waals surface area (Å²) in [6, 6.07) is 8.12. The molecule has 1 heterocycles. The maximum Gasteiger partial charge on any atom is 0.123 e. The predicted molar refractivity (Wildman–Crippen MR) is 76.2 cm³/mol. The average Bonchev–Trinajstić information content (AvgIpc) is 2.81. The van der Waals surface area contributed by atoms with Gasteiger partial charge in [-0.2, -0.15) is 0 Å². The fourth-order valence-corrected chi connectivity index (χ4v) is 3.70. The van der Waals surface area contributed by atoms with Gasteiger partial charge in [0.1, 0.15) is 5.75 Å². The maximum absolute atomic E-state index is 5.93. The lowest BCUT2D eigenvalue weighted by Gasteiger charge is -2.22. The van der Waals surface area contributed by atoms with Gasteiger partial charge in [-0.25, -0.2) is 0 Å². The van der Waals surface area contributed by atoms with Crippen LogP contribution in [0, 0.1) is 0 Å². The van der Waals surface area contributed by atoms with E-state index in [2.05, 4.69) is 13.0 Å². The molecule has 1 saturated heterocycles. The molecule has 0 bridgehead atoms. The van der Waals surface area contributed by atoms with Gasteiger partial charge in [0.05, 0.1) is 13.2 Å². The van der Waals surface area contributed by atoms with Crippen molar-refractivity contribution in [3.8, 4) is 5.75 Å². The van der Waals surface area contributed by atoms with Crippen LogP contribution in [0.15, 0.2) is 24.3 Å². The van der Waals surface area contributed by atoms with Gasteiger partial charge in [-0.05, 0) is 19.4 Å². The first-order chi connectivity index (χ1) is 8.76. The second-order valence-electron chi connectivity index (χ2n) is 4.51. The first kappa shape index (κ1) is 13.7. The minimum absolute atomic E-state index is 0.273. The number of methoxy groups -OCH3 is 1. The molecule has 1 aromatic rings. The molecule has 1 aromatic carbocycles. The molecule has 100 valence electrons. The average molecular weight is 267 g/mol. The lowest BCUT2D eigenvalue weighted by Crippen LogP contribution is -2.19. The van der Waals surface area contributed by atoms with Gasteiger partial charge in [0.25, 0.3) is 0 Å². The van der Waals surface area contributed by atoms with Crippen LogP contribution in [-0.2, 0) is 4.74 Å². The largest absolute Gasteiger partial charge is 0.496 e. The lowest BCUT2D eigenvalue weighted by atomic mass is 10.1. The number of para-hydroxylation sites is 1. The number of rotatable bonds is 5. The van der Waals surface area contributed by atoms with Crippen LogP contribution in [0.1, 0.15) is 24.2 Å². The highest BCUT2D eigenvalue weighted by Crippen LogP contribution is 2.40. The van der Waals surface area contributed by atoms with Crippen LogP contribution in [-0.4, -0.2) is 31.6 Å². The predicted octanol–water partition coefficient (Wildman–Crippen LogP) is 2.61. The molecule has 0 aromatic heterocycles. The molecule has 3 unspecified atom stereocenters. The van der Waals surface area contributed by atoms with Crippen LogP contribution in [0.4, 0.5) is 0 Å². The van der Waals surface area contributed by atoms with Crippen molar-refractivity contribution < 1.29 is 9.47 Å². The Hall–Kier alpha value is -0.710. The Morgan fingerprint density at radius 2 is 2.28 bits per heavy atom. The highest BCUT2D eigenvalue weighted by molar-refractivity contribution is 8.00. The SMILES string of the molecule is COc1ccccc1C(CN)SC1CCOC1C. The van der Waals surface area contributed by atoms with Gasteiger partial charge in [-0.1, -0.05) is 18.2 Å². The fraction of sp³-hybridized carbons (Fsp3) is 0.571. The first-order valence-electron chi connectivity index (χ1n) is 6.36. The number of hydrogen-bond donors (Lipinski definition) is 1. The molecule has 0 spiro atoms. The van der Waals surface area contributed by atoms with E-state index in [0.717, 1.165) is 18.8 Å². The smallest absolute Gasteiger partial charge is 0.123 e. The summed E-state index contributed by atoms with van der Waals surface area (Å²) in [5, 5.41) is 0.804. The summed E-state index contributed by atoms with van der Waals surface area (Å²) in [6.45, 7) is 3.62. The minimum Gasteiger partial charge on any atom is -0.496 e. The Bertz CT molecular complexity index is 386. The lowest BCUT2D eigenvalue weighted by molar-refractivity contribution is 0.127. The van der Waals surface area contributed by atoms with Crippen molar-refractivity contribution in [2.45, 2.75) is 29.9 Å². The standard InChI is InChI=1S/C14H21NO2S/c1-10-13(7-8-17-10)18-14(9-15)11-5-3-4-6-12(11)16-2/h3-6,10,13-14H,7-9,15H2,1-2H3. The molecule has 3 atom stereocenters. The van der Waals surface area contributed by atoms with E-state index in [1.807, 2.05) is 30.0 Å². The second-order valence-corrected chi connectivity index (χ2v) is 5.95. The summed E-state index contributed by atoms with van der Waals surface area (Å²) in [7, 11) is 1.71. The van der Waals surface area contributed by atoms with Gasteiger partial charge >= 0.3 is 0 Å². The zero-order chi connectivity index (χ0) is 13.0. The summed E-state index contributed by atoms with van der Waals surface area (Å²) in [4.78, 5) is 0. The van der Waals surface area contributed by atoms with E-state index in [0.29, 0.717) is 17.9 Å². The van der Waals surface area contributed by atoms with Crippen molar-refractivity contribution in [3.63, 3.8) is 0 Å². The number of nitrogens with two attached hydrogens (primary N) is 1. The molecule has 1 fully saturated rings. The van der Waals surface area contributed by atoms with Gasteiger partial charge in [-0.15, -0.1) is 11.8 Å². The highest BCUT2D eigenvalue weighted by atomic mass is 32.2. The molecule has 2 rings (SSSR count). The van der Waals surface area contributed by atoms with Crippen LogP contribution in [0.3, 0.4) is 0 Å². The summed E-state index contributed by atoms with van der Waals surface area (Å²) in [5.41, 5.74) is 7.12. The van der Waals surface area contributed by atoms with Gasteiger partial charge in [0.2, 0.25) is 0 Å². The summed E-state index contributed by atoms with van der Waals surface area (Å²) in [6.07, 6.45) is 1.43. The third-order valence-electron chi connectivity index (χ3n) is 3.35. The number of ether oxygens (including phenoxy) is 2. The summed E-state index contributed by atoms with van der Waals surface area (Å²) < 4.78 is 11.0.